The molecule has 0 aromatic heterocycles. The van der Waals surface area contributed by atoms with Gasteiger partial charge in [0.15, 0.2) is 5.96 Å². The minimum Gasteiger partial charge on any atom is -0.357 e. The van der Waals surface area contributed by atoms with E-state index in [4.69, 9.17) is 0 Å². The Morgan fingerprint density at radius 2 is 1.87 bits per heavy atom. The summed E-state index contributed by atoms with van der Waals surface area (Å²) in [5.41, 5.74) is 0.319. The zero-order valence-electron chi connectivity index (χ0n) is 12.5. The third-order valence-electron chi connectivity index (χ3n) is 2.71. The van der Waals surface area contributed by atoms with Crippen LogP contribution in [0.25, 0.3) is 0 Å². The zero-order chi connectivity index (χ0) is 16.6. The van der Waals surface area contributed by atoms with Crippen molar-refractivity contribution in [2.45, 2.75) is 25.9 Å². The summed E-state index contributed by atoms with van der Waals surface area (Å²) in [6.45, 7) is 2.15. The van der Waals surface area contributed by atoms with Crippen LogP contribution in [-0.4, -0.2) is 31.8 Å². The van der Waals surface area contributed by atoms with Crippen LogP contribution in [0.3, 0.4) is 0 Å². The van der Waals surface area contributed by atoms with Crippen LogP contribution < -0.4 is 10.6 Å². The molecule has 0 amide bonds. The molecule has 0 aliphatic carbocycles. The van der Waals surface area contributed by atoms with Gasteiger partial charge in [0.25, 0.3) is 0 Å². The fourth-order valence-corrected chi connectivity index (χ4v) is 1.68. The van der Waals surface area contributed by atoms with Gasteiger partial charge in [0.05, 0.1) is 13.0 Å². The van der Waals surface area contributed by atoms with Crippen LogP contribution >= 0.6 is 24.0 Å². The van der Waals surface area contributed by atoms with Gasteiger partial charge in [-0.25, -0.2) is 8.78 Å². The third kappa shape index (κ3) is 9.57. The number of halogens is 6. The summed E-state index contributed by atoms with van der Waals surface area (Å²) in [5, 5.41) is 5.61. The maximum Gasteiger partial charge on any atom is 0.390 e. The molecule has 9 heteroatoms. The summed E-state index contributed by atoms with van der Waals surface area (Å²) >= 11 is 0. The van der Waals surface area contributed by atoms with E-state index in [1.807, 2.05) is 0 Å². The molecule has 3 nitrogen and oxygen atoms in total. The van der Waals surface area contributed by atoms with Gasteiger partial charge in [-0.05, 0) is 25.0 Å². The monoisotopic (exact) mass is 451 g/mol. The van der Waals surface area contributed by atoms with Crippen molar-refractivity contribution in [2.75, 3.05) is 19.6 Å². The first-order chi connectivity index (χ1) is 10.3. The van der Waals surface area contributed by atoms with Crippen LogP contribution in [0.2, 0.25) is 0 Å². The molecular weight excluding hydrogens is 432 g/mol. The molecule has 0 aliphatic heterocycles. The zero-order valence-corrected chi connectivity index (χ0v) is 14.8. The Morgan fingerprint density at radius 3 is 2.43 bits per heavy atom. The van der Waals surface area contributed by atoms with Crippen molar-refractivity contribution in [3.8, 4) is 0 Å². The maximum absolute atomic E-state index is 13.4. The van der Waals surface area contributed by atoms with Gasteiger partial charge in [-0.3, -0.25) is 4.99 Å². The summed E-state index contributed by atoms with van der Waals surface area (Å²) in [4.78, 5) is 3.79. The summed E-state index contributed by atoms with van der Waals surface area (Å²) in [6.07, 6.45) is -5.00. The van der Waals surface area contributed by atoms with Gasteiger partial charge in [-0.1, -0.05) is 6.07 Å². The van der Waals surface area contributed by atoms with Crippen LogP contribution in [0.4, 0.5) is 22.0 Å². The van der Waals surface area contributed by atoms with Crippen molar-refractivity contribution in [3.63, 3.8) is 0 Å². The number of rotatable bonds is 6. The van der Waals surface area contributed by atoms with Crippen LogP contribution in [0.5, 0.6) is 0 Å². The van der Waals surface area contributed by atoms with Crippen molar-refractivity contribution in [3.05, 3.63) is 35.4 Å². The Hall–Kier alpha value is -1.13. The van der Waals surface area contributed by atoms with Crippen molar-refractivity contribution < 1.29 is 22.0 Å². The number of aliphatic imine (C=N–C) groups is 1. The van der Waals surface area contributed by atoms with Crippen molar-refractivity contribution in [2.24, 2.45) is 4.99 Å². The van der Waals surface area contributed by atoms with E-state index >= 15 is 0 Å². The van der Waals surface area contributed by atoms with E-state index in [0.717, 1.165) is 12.1 Å². The smallest absolute Gasteiger partial charge is 0.357 e. The van der Waals surface area contributed by atoms with E-state index in [2.05, 4.69) is 15.6 Å². The van der Waals surface area contributed by atoms with Crippen LogP contribution in [0.15, 0.2) is 23.2 Å². The number of hydrogen-bond donors (Lipinski definition) is 2. The number of guanidine groups is 1. The molecule has 0 aliphatic rings. The molecular formula is C14H19F5IN3. The summed E-state index contributed by atoms with van der Waals surface area (Å²) in [7, 11) is 0. The van der Waals surface area contributed by atoms with E-state index < -0.39 is 24.2 Å². The SMILES string of the molecule is CCNC(=NCCC(F)(F)F)NCCc1ccc(F)cc1F.I. The van der Waals surface area contributed by atoms with Gasteiger partial charge in [-0.15, -0.1) is 24.0 Å². The second kappa shape index (κ2) is 10.6. The molecule has 0 saturated carbocycles. The average molecular weight is 451 g/mol. The van der Waals surface area contributed by atoms with Gasteiger partial charge in [0.1, 0.15) is 11.6 Å². The molecule has 0 saturated heterocycles. The van der Waals surface area contributed by atoms with Crippen LogP contribution in [-0.2, 0) is 6.42 Å². The Morgan fingerprint density at radius 1 is 1.17 bits per heavy atom. The fourth-order valence-electron chi connectivity index (χ4n) is 1.68. The number of alkyl halides is 3. The molecule has 132 valence electrons. The third-order valence-corrected chi connectivity index (χ3v) is 2.71. The Bertz CT molecular complexity index is 506. The molecule has 0 heterocycles. The summed E-state index contributed by atoms with van der Waals surface area (Å²) < 4.78 is 62.4. The van der Waals surface area contributed by atoms with Gasteiger partial charge in [0.2, 0.25) is 0 Å². The first kappa shape index (κ1) is 21.9. The van der Waals surface area contributed by atoms with E-state index in [-0.39, 0.29) is 49.4 Å². The molecule has 0 fully saturated rings. The average Bonchev–Trinajstić information content (AvgIpc) is 2.40. The predicted molar refractivity (Wildman–Crippen MR) is 90.1 cm³/mol. The van der Waals surface area contributed by atoms with Gasteiger partial charge >= 0.3 is 6.18 Å². The molecule has 1 aromatic rings. The lowest BCUT2D eigenvalue weighted by molar-refractivity contribution is -0.132. The normalized spacial score (nSPS) is 11.8. The fraction of sp³-hybridized carbons (Fsp3) is 0.500. The largest absolute Gasteiger partial charge is 0.390 e. The first-order valence-electron chi connectivity index (χ1n) is 6.84. The molecule has 0 radical (unpaired) electrons. The molecule has 2 N–H and O–H groups in total. The van der Waals surface area contributed by atoms with Gasteiger partial charge in [-0.2, -0.15) is 13.2 Å². The maximum atomic E-state index is 13.4. The highest BCUT2D eigenvalue weighted by Gasteiger charge is 2.26. The van der Waals surface area contributed by atoms with Gasteiger partial charge < -0.3 is 10.6 Å². The second-order valence-corrected chi connectivity index (χ2v) is 4.54. The van der Waals surface area contributed by atoms with Crippen molar-refractivity contribution >= 4 is 29.9 Å². The number of benzene rings is 1. The quantitative estimate of drug-likeness (QED) is 0.300. The van der Waals surface area contributed by atoms with Crippen LogP contribution in [0, 0.1) is 11.6 Å². The molecule has 23 heavy (non-hydrogen) atoms. The Labute approximate surface area is 148 Å². The topological polar surface area (TPSA) is 36.4 Å². The second-order valence-electron chi connectivity index (χ2n) is 4.54. The van der Waals surface area contributed by atoms with Gasteiger partial charge in [0, 0.05) is 19.2 Å². The number of nitrogens with one attached hydrogen (secondary N) is 2. The highest BCUT2D eigenvalue weighted by molar-refractivity contribution is 14.0. The lowest BCUT2D eigenvalue weighted by atomic mass is 10.1. The first-order valence-corrected chi connectivity index (χ1v) is 6.84. The lowest BCUT2D eigenvalue weighted by Gasteiger charge is -2.12. The minimum atomic E-state index is -4.25. The molecule has 0 spiro atoms. The van der Waals surface area contributed by atoms with Crippen molar-refractivity contribution in [1.29, 1.82) is 0 Å². The highest BCUT2D eigenvalue weighted by atomic mass is 127. The van der Waals surface area contributed by atoms with E-state index in [9.17, 15) is 22.0 Å². The molecule has 0 unspecified atom stereocenters. The molecule has 1 rings (SSSR count). The van der Waals surface area contributed by atoms with Crippen LogP contribution in [0.1, 0.15) is 18.9 Å². The lowest BCUT2D eigenvalue weighted by Crippen LogP contribution is -2.38. The number of hydrogen-bond acceptors (Lipinski definition) is 1. The Balaban J connectivity index is 0.00000484. The van der Waals surface area contributed by atoms with E-state index in [1.165, 1.54) is 6.07 Å². The molecule has 1 aromatic carbocycles. The van der Waals surface area contributed by atoms with Crippen molar-refractivity contribution in [1.82, 2.24) is 10.6 Å². The predicted octanol–water partition coefficient (Wildman–Crippen LogP) is 3.63. The summed E-state index contributed by atoms with van der Waals surface area (Å²) in [6, 6.07) is 3.28. The minimum absolute atomic E-state index is 0. The summed E-state index contributed by atoms with van der Waals surface area (Å²) in [5.74, 6) is -1.08. The van der Waals surface area contributed by atoms with E-state index in [0.29, 0.717) is 12.1 Å². The highest BCUT2D eigenvalue weighted by Crippen LogP contribution is 2.18. The number of nitrogens with zero attached hydrogens (tertiary/aromatic N) is 1. The van der Waals surface area contributed by atoms with E-state index in [1.54, 1.807) is 6.92 Å². The Kier molecular flexibility index (Phi) is 10.1. The molecule has 0 bridgehead atoms. The standard InChI is InChI=1S/C14H18F5N3.HI/c1-2-20-13(22-8-6-14(17,18)19)21-7-5-10-3-4-11(15)9-12(10)16;/h3-4,9H,2,5-8H2,1H3,(H2,20,21,22);1H. The molecule has 0 atom stereocenters.